The number of hydrogen-bond donors (Lipinski definition) is 0. The second kappa shape index (κ2) is 6.24. The zero-order valence-corrected chi connectivity index (χ0v) is 15.0. The monoisotopic (exact) mass is 374 g/mol. The van der Waals surface area contributed by atoms with Gasteiger partial charge in [0.2, 0.25) is 5.16 Å². The summed E-state index contributed by atoms with van der Waals surface area (Å²) in [6.45, 7) is 2.06. The Bertz CT molecular complexity index is 948. The number of thioether (sulfide) groups is 1. The molecule has 0 saturated heterocycles. The molecule has 0 unspecified atom stereocenters. The van der Waals surface area contributed by atoms with E-state index in [0.29, 0.717) is 15.8 Å². The fourth-order valence-electron chi connectivity index (χ4n) is 2.43. The molecule has 0 aliphatic carbocycles. The quantitative estimate of drug-likeness (QED) is 0.639. The van der Waals surface area contributed by atoms with Crippen LogP contribution in [0, 0.1) is 6.92 Å². The highest BCUT2D eigenvalue weighted by Gasteiger charge is 2.21. The van der Waals surface area contributed by atoms with Crippen molar-refractivity contribution in [2.75, 3.05) is 5.75 Å². The molecule has 0 N–H and O–H groups in total. The van der Waals surface area contributed by atoms with Crippen LogP contribution in [-0.4, -0.2) is 26.3 Å². The standard InChI is InChI=1S/C17H12Cl2N4S/c1-10-2-4-11(5-3-10)16-20-21-17-23(16)22-15(9-24-17)12-6-7-13(18)14(19)8-12/h2-8H,9H2,1H3. The van der Waals surface area contributed by atoms with Crippen molar-refractivity contribution >= 4 is 40.7 Å². The minimum absolute atomic E-state index is 0.523. The van der Waals surface area contributed by atoms with Gasteiger partial charge in [0.25, 0.3) is 0 Å². The lowest BCUT2D eigenvalue weighted by Gasteiger charge is -2.14. The average molecular weight is 375 g/mol. The zero-order chi connectivity index (χ0) is 16.7. The van der Waals surface area contributed by atoms with Crippen LogP contribution in [-0.2, 0) is 0 Å². The Morgan fingerprint density at radius 1 is 0.958 bits per heavy atom. The lowest BCUT2D eigenvalue weighted by atomic mass is 10.1. The van der Waals surface area contributed by atoms with E-state index in [4.69, 9.17) is 28.3 Å². The van der Waals surface area contributed by atoms with Gasteiger partial charge in [-0.05, 0) is 19.1 Å². The molecule has 0 radical (unpaired) electrons. The van der Waals surface area contributed by atoms with Gasteiger partial charge in [-0.15, -0.1) is 10.2 Å². The number of hydrogen-bond acceptors (Lipinski definition) is 4. The fourth-order valence-corrected chi connectivity index (χ4v) is 3.56. The molecule has 7 heteroatoms. The number of aromatic nitrogens is 3. The van der Waals surface area contributed by atoms with Gasteiger partial charge in [-0.25, -0.2) is 0 Å². The van der Waals surface area contributed by atoms with E-state index in [0.717, 1.165) is 27.8 Å². The van der Waals surface area contributed by atoms with Crippen molar-refractivity contribution in [1.29, 1.82) is 0 Å². The third kappa shape index (κ3) is 2.83. The Labute approximate surface area is 153 Å². The molecular weight excluding hydrogens is 363 g/mol. The van der Waals surface area contributed by atoms with Gasteiger partial charge in [-0.1, -0.05) is 70.9 Å². The van der Waals surface area contributed by atoms with E-state index in [1.807, 2.05) is 24.3 Å². The maximum Gasteiger partial charge on any atom is 0.212 e. The summed E-state index contributed by atoms with van der Waals surface area (Å²) in [5.74, 6) is 1.44. The fraction of sp³-hybridized carbons (Fsp3) is 0.118. The molecule has 0 atom stereocenters. The molecule has 24 heavy (non-hydrogen) atoms. The topological polar surface area (TPSA) is 43.1 Å². The van der Waals surface area contributed by atoms with E-state index >= 15 is 0 Å². The smallest absolute Gasteiger partial charge is 0.187 e. The summed E-state index contributed by atoms with van der Waals surface area (Å²) < 4.78 is 1.79. The average Bonchev–Trinajstić information content (AvgIpc) is 3.01. The van der Waals surface area contributed by atoms with Crippen molar-refractivity contribution in [2.24, 2.45) is 5.10 Å². The molecule has 0 fully saturated rings. The summed E-state index contributed by atoms with van der Waals surface area (Å²) in [7, 11) is 0. The summed E-state index contributed by atoms with van der Waals surface area (Å²) in [6, 6.07) is 13.7. The lowest BCUT2D eigenvalue weighted by Crippen LogP contribution is -2.13. The first-order valence-corrected chi connectivity index (χ1v) is 9.04. The maximum atomic E-state index is 6.13. The van der Waals surface area contributed by atoms with E-state index < -0.39 is 0 Å². The van der Waals surface area contributed by atoms with Crippen molar-refractivity contribution in [3.63, 3.8) is 0 Å². The third-order valence-electron chi connectivity index (χ3n) is 3.73. The Morgan fingerprint density at radius 3 is 2.46 bits per heavy atom. The van der Waals surface area contributed by atoms with Crippen LogP contribution < -0.4 is 0 Å². The highest BCUT2D eigenvalue weighted by atomic mass is 35.5. The van der Waals surface area contributed by atoms with Gasteiger partial charge in [0.1, 0.15) is 0 Å². The van der Waals surface area contributed by atoms with E-state index in [-0.39, 0.29) is 0 Å². The van der Waals surface area contributed by atoms with Crippen molar-refractivity contribution < 1.29 is 0 Å². The van der Waals surface area contributed by atoms with Crippen LogP contribution in [0.5, 0.6) is 0 Å². The minimum atomic E-state index is 0.523. The highest BCUT2D eigenvalue weighted by molar-refractivity contribution is 7.99. The van der Waals surface area contributed by atoms with Gasteiger partial charge in [0, 0.05) is 16.9 Å². The summed E-state index contributed by atoms with van der Waals surface area (Å²) in [5, 5.41) is 15.1. The normalized spacial score (nSPS) is 13.5. The van der Waals surface area contributed by atoms with Crippen LogP contribution >= 0.6 is 35.0 Å². The first-order chi connectivity index (χ1) is 11.6. The van der Waals surface area contributed by atoms with Gasteiger partial charge < -0.3 is 0 Å². The van der Waals surface area contributed by atoms with Crippen LogP contribution in [0.15, 0.2) is 52.7 Å². The van der Waals surface area contributed by atoms with Gasteiger partial charge in [-0.2, -0.15) is 9.78 Å². The highest BCUT2D eigenvalue weighted by Crippen LogP contribution is 2.30. The predicted molar refractivity (Wildman–Crippen MR) is 99.3 cm³/mol. The summed E-state index contributed by atoms with van der Waals surface area (Å²) in [5.41, 5.74) is 4.05. The molecule has 1 aliphatic heterocycles. The summed E-state index contributed by atoms with van der Waals surface area (Å²) in [6.07, 6.45) is 0. The first kappa shape index (κ1) is 15.7. The molecule has 1 aliphatic rings. The van der Waals surface area contributed by atoms with Crippen LogP contribution in [0.4, 0.5) is 0 Å². The predicted octanol–water partition coefficient (Wildman–Crippen LogP) is 4.92. The largest absolute Gasteiger partial charge is 0.212 e. The first-order valence-electron chi connectivity index (χ1n) is 7.30. The molecule has 1 aromatic heterocycles. The number of benzene rings is 2. The number of aryl methyl sites for hydroxylation is 1. The van der Waals surface area contributed by atoms with Gasteiger partial charge in [0.15, 0.2) is 5.82 Å². The van der Waals surface area contributed by atoms with Crippen molar-refractivity contribution in [3.05, 3.63) is 63.6 Å². The second-order valence-electron chi connectivity index (χ2n) is 5.45. The van der Waals surface area contributed by atoms with E-state index in [1.165, 1.54) is 5.56 Å². The molecule has 4 nitrogen and oxygen atoms in total. The summed E-state index contributed by atoms with van der Waals surface area (Å²) in [4.78, 5) is 0. The SMILES string of the molecule is Cc1ccc(-c2nnc3n2N=C(c2ccc(Cl)c(Cl)c2)CS3)cc1. The number of rotatable bonds is 2. The van der Waals surface area contributed by atoms with Crippen molar-refractivity contribution in [1.82, 2.24) is 14.9 Å². The zero-order valence-electron chi connectivity index (χ0n) is 12.7. The van der Waals surface area contributed by atoms with Crippen LogP contribution in [0.25, 0.3) is 11.4 Å². The molecular formula is C17H12Cl2N4S. The van der Waals surface area contributed by atoms with Crippen molar-refractivity contribution in [3.8, 4) is 11.4 Å². The molecule has 2 aromatic carbocycles. The van der Waals surface area contributed by atoms with Gasteiger partial charge >= 0.3 is 0 Å². The maximum absolute atomic E-state index is 6.13. The summed E-state index contributed by atoms with van der Waals surface area (Å²) >= 11 is 13.7. The van der Waals surface area contributed by atoms with Crippen LogP contribution in [0.1, 0.15) is 11.1 Å². The minimum Gasteiger partial charge on any atom is -0.187 e. The Balaban J connectivity index is 1.78. The number of halogens is 2. The Hall–Kier alpha value is -1.82. The molecule has 120 valence electrons. The second-order valence-corrected chi connectivity index (χ2v) is 7.21. The van der Waals surface area contributed by atoms with Crippen LogP contribution in [0.3, 0.4) is 0 Å². The van der Waals surface area contributed by atoms with Gasteiger partial charge in [0.05, 0.1) is 15.8 Å². The van der Waals surface area contributed by atoms with Crippen LogP contribution in [0.2, 0.25) is 10.0 Å². The van der Waals surface area contributed by atoms with Crippen molar-refractivity contribution in [2.45, 2.75) is 12.1 Å². The molecule has 0 saturated carbocycles. The number of nitrogens with zero attached hydrogens (tertiary/aromatic N) is 4. The molecule has 4 rings (SSSR count). The molecule has 0 bridgehead atoms. The Kier molecular flexibility index (Phi) is 4.08. The van der Waals surface area contributed by atoms with E-state index in [9.17, 15) is 0 Å². The molecule has 3 aromatic rings. The lowest BCUT2D eigenvalue weighted by molar-refractivity contribution is 0.762. The molecule has 0 spiro atoms. The Morgan fingerprint density at radius 2 is 1.71 bits per heavy atom. The number of fused-ring (bicyclic) bond motifs is 1. The van der Waals surface area contributed by atoms with Gasteiger partial charge in [-0.3, -0.25) is 0 Å². The van der Waals surface area contributed by atoms with E-state index in [1.54, 1.807) is 22.5 Å². The molecule has 0 amide bonds. The molecule has 2 heterocycles. The third-order valence-corrected chi connectivity index (χ3v) is 5.40. The van der Waals surface area contributed by atoms with E-state index in [2.05, 4.69) is 29.3 Å².